The zero-order valence-electron chi connectivity index (χ0n) is 9.98. The molecule has 2 N–H and O–H groups in total. The van der Waals surface area contributed by atoms with Crippen molar-refractivity contribution in [1.29, 1.82) is 0 Å². The van der Waals surface area contributed by atoms with Gasteiger partial charge in [-0.2, -0.15) is 0 Å². The molecular weight excluding hydrogens is 220 g/mol. The summed E-state index contributed by atoms with van der Waals surface area (Å²) in [6.45, 7) is 1.84. The van der Waals surface area contributed by atoms with Gasteiger partial charge in [-0.05, 0) is 19.1 Å². The molecule has 5 nitrogen and oxygen atoms in total. The number of nitrogen functional groups attached to an aromatic ring is 1. The Bertz CT molecular complexity index is 512. The zero-order chi connectivity index (χ0) is 12.4. The van der Waals surface area contributed by atoms with Gasteiger partial charge in [0.1, 0.15) is 17.2 Å². The maximum absolute atomic E-state index is 5.65. The summed E-state index contributed by atoms with van der Waals surface area (Å²) < 4.78 is 15.6. The highest BCUT2D eigenvalue weighted by molar-refractivity contribution is 5.77. The molecule has 90 valence electrons. The molecule has 5 heteroatoms. The van der Waals surface area contributed by atoms with Gasteiger partial charge in [0, 0.05) is 5.56 Å². The number of hydrogen-bond acceptors (Lipinski definition) is 5. The largest absolute Gasteiger partial charge is 0.496 e. The van der Waals surface area contributed by atoms with Crippen LogP contribution in [-0.4, -0.2) is 19.4 Å². The lowest BCUT2D eigenvalue weighted by atomic mass is 10.1. The fourth-order valence-electron chi connectivity index (χ4n) is 1.67. The quantitative estimate of drug-likeness (QED) is 0.881. The molecule has 0 amide bonds. The summed E-state index contributed by atoms with van der Waals surface area (Å²) in [6.07, 6.45) is 0. The number of hydrogen-bond donors (Lipinski definition) is 1. The Kier molecular flexibility index (Phi) is 2.91. The van der Waals surface area contributed by atoms with Crippen LogP contribution in [0.15, 0.2) is 22.7 Å². The van der Waals surface area contributed by atoms with Crippen LogP contribution in [0, 0.1) is 6.92 Å². The number of anilines is 1. The van der Waals surface area contributed by atoms with Gasteiger partial charge in [0.2, 0.25) is 5.88 Å². The summed E-state index contributed by atoms with van der Waals surface area (Å²) >= 11 is 0. The van der Waals surface area contributed by atoms with Crippen molar-refractivity contribution in [1.82, 2.24) is 5.16 Å². The highest BCUT2D eigenvalue weighted by atomic mass is 16.5. The third-order valence-corrected chi connectivity index (χ3v) is 2.62. The van der Waals surface area contributed by atoms with Crippen LogP contribution >= 0.6 is 0 Å². The summed E-state index contributed by atoms with van der Waals surface area (Å²) in [5.41, 5.74) is 7.80. The predicted molar refractivity (Wildman–Crippen MR) is 64.2 cm³/mol. The predicted octanol–water partition coefficient (Wildman–Crippen LogP) is 2.25. The van der Waals surface area contributed by atoms with E-state index in [1.807, 2.05) is 25.1 Å². The molecule has 0 saturated carbocycles. The average molecular weight is 234 g/mol. The molecule has 0 aliphatic heterocycles. The summed E-state index contributed by atoms with van der Waals surface area (Å²) in [4.78, 5) is 0. The van der Waals surface area contributed by atoms with Crippen molar-refractivity contribution in [2.75, 3.05) is 20.0 Å². The molecule has 0 radical (unpaired) electrons. The van der Waals surface area contributed by atoms with E-state index in [4.69, 9.17) is 19.7 Å². The lowest BCUT2D eigenvalue weighted by Gasteiger charge is -2.11. The summed E-state index contributed by atoms with van der Waals surface area (Å²) in [7, 11) is 3.19. The molecule has 2 aromatic rings. The Balaban J connectivity index is 2.68. The fourth-order valence-corrected chi connectivity index (χ4v) is 1.67. The van der Waals surface area contributed by atoms with E-state index in [1.54, 1.807) is 14.2 Å². The minimum atomic E-state index is 0.299. The lowest BCUT2D eigenvalue weighted by Crippen LogP contribution is -1.94. The molecule has 0 aliphatic rings. The van der Waals surface area contributed by atoms with Crippen LogP contribution in [0.25, 0.3) is 11.3 Å². The first-order valence-electron chi connectivity index (χ1n) is 5.12. The second kappa shape index (κ2) is 4.37. The van der Waals surface area contributed by atoms with E-state index in [0.29, 0.717) is 23.1 Å². The Morgan fingerprint density at radius 1 is 1.18 bits per heavy atom. The molecule has 0 aliphatic carbocycles. The highest BCUT2D eigenvalue weighted by Crippen LogP contribution is 2.40. The van der Waals surface area contributed by atoms with Crippen molar-refractivity contribution in [3.63, 3.8) is 0 Å². The van der Waals surface area contributed by atoms with E-state index < -0.39 is 0 Å². The van der Waals surface area contributed by atoms with E-state index in [0.717, 1.165) is 11.1 Å². The number of methoxy groups -OCH3 is 2. The van der Waals surface area contributed by atoms with Crippen LogP contribution in [-0.2, 0) is 0 Å². The number of aromatic nitrogens is 1. The molecule has 0 unspecified atom stereocenters. The number of nitrogens with zero attached hydrogens (tertiary/aromatic N) is 1. The van der Waals surface area contributed by atoms with Crippen LogP contribution < -0.4 is 15.2 Å². The van der Waals surface area contributed by atoms with Crippen LogP contribution in [0.5, 0.6) is 11.5 Å². The lowest BCUT2D eigenvalue weighted by molar-refractivity contribution is 0.395. The Morgan fingerprint density at radius 3 is 2.18 bits per heavy atom. The van der Waals surface area contributed by atoms with Crippen molar-refractivity contribution in [3.05, 3.63) is 23.8 Å². The average Bonchev–Trinajstić information content (AvgIpc) is 2.69. The standard InChI is InChI=1S/C12H14N2O3/c1-7-11(14-17-12(7)13)10-8(15-2)5-4-6-9(10)16-3/h4-6H,13H2,1-3H3. The topological polar surface area (TPSA) is 70.5 Å². The van der Waals surface area contributed by atoms with Gasteiger partial charge in [0.15, 0.2) is 0 Å². The van der Waals surface area contributed by atoms with Gasteiger partial charge in [-0.25, -0.2) is 0 Å². The normalized spacial score (nSPS) is 10.3. The van der Waals surface area contributed by atoms with Crippen LogP contribution in [0.1, 0.15) is 5.56 Å². The Morgan fingerprint density at radius 2 is 1.76 bits per heavy atom. The summed E-state index contributed by atoms with van der Waals surface area (Å²) in [5, 5.41) is 3.94. The molecule has 0 saturated heterocycles. The molecule has 0 bridgehead atoms. The SMILES string of the molecule is COc1cccc(OC)c1-c1noc(N)c1C. The second-order valence-electron chi connectivity index (χ2n) is 3.56. The minimum absolute atomic E-state index is 0.299. The van der Waals surface area contributed by atoms with Crippen molar-refractivity contribution in [3.8, 4) is 22.8 Å². The molecule has 17 heavy (non-hydrogen) atoms. The molecule has 0 fully saturated rings. The second-order valence-corrected chi connectivity index (χ2v) is 3.56. The number of benzene rings is 1. The molecule has 1 aromatic carbocycles. The molecular formula is C12H14N2O3. The molecule has 0 spiro atoms. The van der Waals surface area contributed by atoms with E-state index in [-0.39, 0.29) is 0 Å². The number of nitrogens with two attached hydrogens (primary N) is 1. The molecule has 2 rings (SSSR count). The van der Waals surface area contributed by atoms with Crippen LogP contribution in [0.4, 0.5) is 5.88 Å². The van der Waals surface area contributed by atoms with Gasteiger partial charge in [-0.3, -0.25) is 0 Å². The molecule has 0 atom stereocenters. The molecule has 1 aromatic heterocycles. The van der Waals surface area contributed by atoms with Crippen molar-refractivity contribution in [2.24, 2.45) is 0 Å². The monoisotopic (exact) mass is 234 g/mol. The van der Waals surface area contributed by atoms with Crippen LogP contribution in [0.3, 0.4) is 0 Å². The van der Waals surface area contributed by atoms with Crippen molar-refractivity contribution >= 4 is 5.88 Å². The number of rotatable bonds is 3. The van der Waals surface area contributed by atoms with Gasteiger partial charge in [-0.15, -0.1) is 0 Å². The van der Waals surface area contributed by atoms with E-state index >= 15 is 0 Å². The molecule has 1 heterocycles. The Hall–Kier alpha value is -2.17. The minimum Gasteiger partial charge on any atom is -0.496 e. The highest BCUT2D eigenvalue weighted by Gasteiger charge is 2.19. The van der Waals surface area contributed by atoms with Crippen molar-refractivity contribution in [2.45, 2.75) is 6.92 Å². The van der Waals surface area contributed by atoms with E-state index in [2.05, 4.69) is 5.16 Å². The first-order chi connectivity index (χ1) is 8.19. The van der Waals surface area contributed by atoms with Gasteiger partial charge in [0.05, 0.1) is 19.8 Å². The maximum atomic E-state index is 5.65. The zero-order valence-corrected chi connectivity index (χ0v) is 9.98. The first-order valence-corrected chi connectivity index (χ1v) is 5.12. The van der Waals surface area contributed by atoms with E-state index in [9.17, 15) is 0 Å². The van der Waals surface area contributed by atoms with Crippen LogP contribution in [0.2, 0.25) is 0 Å². The Labute approximate surface area is 99.1 Å². The van der Waals surface area contributed by atoms with Gasteiger partial charge < -0.3 is 19.7 Å². The number of ether oxygens (including phenoxy) is 2. The third kappa shape index (κ3) is 1.80. The van der Waals surface area contributed by atoms with Gasteiger partial charge >= 0.3 is 0 Å². The van der Waals surface area contributed by atoms with Crippen molar-refractivity contribution < 1.29 is 14.0 Å². The van der Waals surface area contributed by atoms with Gasteiger partial charge in [-0.1, -0.05) is 11.2 Å². The third-order valence-electron chi connectivity index (χ3n) is 2.62. The fraction of sp³-hybridized carbons (Fsp3) is 0.250. The smallest absolute Gasteiger partial charge is 0.225 e. The van der Waals surface area contributed by atoms with Gasteiger partial charge in [0.25, 0.3) is 0 Å². The first kappa shape index (κ1) is 11.3. The maximum Gasteiger partial charge on any atom is 0.225 e. The summed E-state index contributed by atoms with van der Waals surface area (Å²) in [5.74, 6) is 1.63. The van der Waals surface area contributed by atoms with E-state index in [1.165, 1.54) is 0 Å². The summed E-state index contributed by atoms with van der Waals surface area (Å²) in [6, 6.07) is 5.52.